The largest absolute Gasteiger partial charge is 0.377 e. The highest BCUT2D eigenvalue weighted by Crippen LogP contribution is 2.22. The number of benzene rings is 2. The fourth-order valence-corrected chi connectivity index (χ4v) is 2.62. The molecule has 2 aromatic rings. The zero-order valence-electron chi connectivity index (χ0n) is 12.5. The third-order valence-electron chi connectivity index (χ3n) is 3.13. The normalized spacial score (nSPS) is 11.7. The smallest absolute Gasteiger partial charge is 0.341 e. The zero-order valence-corrected chi connectivity index (χ0v) is 13.3. The van der Waals surface area contributed by atoms with E-state index < -0.39 is 20.5 Å². The van der Waals surface area contributed by atoms with Crippen LogP contribution in [0.4, 0.5) is 20.2 Å². The molecule has 0 amide bonds. The zero-order chi connectivity index (χ0) is 16.9. The van der Waals surface area contributed by atoms with Crippen LogP contribution in [0.15, 0.2) is 53.4 Å². The molecule has 0 spiro atoms. The van der Waals surface area contributed by atoms with Crippen LogP contribution in [0.5, 0.6) is 0 Å². The summed E-state index contributed by atoms with van der Waals surface area (Å²) in [6.45, 7) is 3.11. The first-order valence-corrected chi connectivity index (χ1v) is 8.54. The molecule has 23 heavy (non-hydrogen) atoms. The monoisotopic (exact) mass is 341 g/mol. The van der Waals surface area contributed by atoms with Gasteiger partial charge in [0.15, 0.2) is 0 Å². The fraction of sp³-hybridized carbons (Fsp3) is 0.250. The summed E-state index contributed by atoms with van der Waals surface area (Å²) in [6, 6.07) is 12.8. The van der Waals surface area contributed by atoms with E-state index in [1.54, 1.807) is 0 Å². The lowest BCUT2D eigenvalue weighted by molar-refractivity contribution is 0.134. The van der Waals surface area contributed by atoms with E-state index in [1.807, 2.05) is 31.2 Å². The van der Waals surface area contributed by atoms with Gasteiger partial charge in [0.1, 0.15) is 0 Å². The molecule has 0 bridgehead atoms. The summed E-state index contributed by atoms with van der Waals surface area (Å²) in [4.78, 5) is -0.398. The summed E-state index contributed by atoms with van der Waals surface area (Å²) in [5.41, 5.74) is 2.45. The number of alkyl halides is 2. The molecule has 0 saturated carbocycles. The first-order chi connectivity index (χ1) is 10.9. The first kappa shape index (κ1) is 17.4. The maximum Gasteiger partial charge on any atom is 0.341 e. The van der Waals surface area contributed by atoms with Crippen molar-refractivity contribution in [3.63, 3.8) is 0 Å². The number of nitrogens with one attached hydrogen (secondary N) is 1. The lowest BCUT2D eigenvalue weighted by Gasteiger charge is -2.09. The Hall–Kier alpha value is -1.99. The Morgan fingerprint density at radius 1 is 1.00 bits per heavy atom. The quantitative estimate of drug-likeness (QED) is 0.828. The maximum atomic E-state index is 12.5. The van der Waals surface area contributed by atoms with Crippen LogP contribution >= 0.6 is 0 Å². The second-order valence-corrected chi connectivity index (χ2v) is 6.71. The number of sulfone groups is 1. The molecule has 7 heteroatoms. The van der Waals surface area contributed by atoms with Gasteiger partial charge in [-0.25, -0.2) is 8.42 Å². The Balaban J connectivity index is 2.06. The fourth-order valence-electron chi connectivity index (χ4n) is 1.90. The molecule has 0 aliphatic rings. The van der Waals surface area contributed by atoms with Gasteiger partial charge in [-0.15, -0.1) is 0 Å². The molecule has 0 radical (unpaired) electrons. The molecule has 124 valence electrons. The molecule has 0 atom stereocenters. The van der Waals surface area contributed by atoms with Crippen molar-refractivity contribution < 1.29 is 21.9 Å². The second kappa shape index (κ2) is 7.52. The van der Waals surface area contributed by atoms with Crippen LogP contribution in [0.1, 0.15) is 12.5 Å². The Bertz CT molecular complexity index is 729. The van der Waals surface area contributed by atoms with E-state index in [1.165, 1.54) is 12.1 Å². The van der Waals surface area contributed by atoms with Crippen molar-refractivity contribution in [2.45, 2.75) is 24.2 Å². The number of halogens is 2. The Labute approximate surface area is 134 Å². The van der Waals surface area contributed by atoms with Crippen LogP contribution in [-0.4, -0.2) is 20.8 Å². The summed E-state index contributed by atoms with van der Waals surface area (Å²) in [6.07, 6.45) is 0. The van der Waals surface area contributed by atoms with Crippen LogP contribution in [0, 0.1) is 0 Å². The summed E-state index contributed by atoms with van der Waals surface area (Å²) in [7, 11) is -4.56. The SMILES string of the molecule is CCOCc1ccc(Nc2ccc(S(=O)(=O)C(F)F)cc2)cc1. The van der Waals surface area contributed by atoms with Gasteiger partial charge in [0.05, 0.1) is 11.5 Å². The van der Waals surface area contributed by atoms with Gasteiger partial charge in [-0.3, -0.25) is 0 Å². The molecule has 2 rings (SSSR count). The van der Waals surface area contributed by atoms with Gasteiger partial charge in [0.2, 0.25) is 9.84 Å². The van der Waals surface area contributed by atoms with Crippen molar-refractivity contribution >= 4 is 21.2 Å². The van der Waals surface area contributed by atoms with Crippen LogP contribution in [0.25, 0.3) is 0 Å². The van der Waals surface area contributed by atoms with E-state index in [0.717, 1.165) is 23.4 Å². The lowest BCUT2D eigenvalue weighted by atomic mass is 10.2. The van der Waals surface area contributed by atoms with E-state index in [9.17, 15) is 17.2 Å². The minimum Gasteiger partial charge on any atom is -0.377 e. The number of ether oxygens (including phenoxy) is 1. The molecular weight excluding hydrogens is 324 g/mol. The molecule has 2 aromatic carbocycles. The number of anilines is 2. The van der Waals surface area contributed by atoms with Crippen molar-refractivity contribution in [3.05, 3.63) is 54.1 Å². The Morgan fingerprint density at radius 3 is 2.00 bits per heavy atom. The van der Waals surface area contributed by atoms with Gasteiger partial charge in [-0.1, -0.05) is 12.1 Å². The van der Waals surface area contributed by atoms with E-state index in [2.05, 4.69) is 5.32 Å². The molecule has 0 aromatic heterocycles. The van der Waals surface area contributed by atoms with Gasteiger partial charge in [0.25, 0.3) is 0 Å². The minimum absolute atomic E-state index is 0.398. The minimum atomic E-state index is -4.56. The van der Waals surface area contributed by atoms with Crippen LogP contribution in [0.2, 0.25) is 0 Å². The van der Waals surface area contributed by atoms with Gasteiger partial charge >= 0.3 is 5.76 Å². The van der Waals surface area contributed by atoms with Gasteiger partial charge < -0.3 is 10.1 Å². The van der Waals surface area contributed by atoms with Gasteiger partial charge in [0, 0.05) is 18.0 Å². The van der Waals surface area contributed by atoms with Crippen molar-refractivity contribution in [1.29, 1.82) is 0 Å². The molecule has 1 N–H and O–H groups in total. The lowest BCUT2D eigenvalue weighted by Crippen LogP contribution is -2.11. The van der Waals surface area contributed by atoms with Crippen LogP contribution in [-0.2, 0) is 21.2 Å². The van der Waals surface area contributed by atoms with Gasteiger partial charge in [-0.05, 0) is 48.9 Å². The first-order valence-electron chi connectivity index (χ1n) is 6.99. The number of hydrogen-bond acceptors (Lipinski definition) is 4. The summed E-state index contributed by atoms with van der Waals surface area (Å²) < 4.78 is 52.9. The number of hydrogen-bond donors (Lipinski definition) is 1. The van der Waals surface area contributed by atoms with Gasteiger partial charge in [-0.2, -0.15) is 8.78 Å². The molecule has 0 unspecified atom stereocenters. The van der Waals surface area contributed by atoms with Crippen molar-refractivity contribution in [2.75, 3.05) is 11.9 Å². The molecular formula is C16H17F2NO3S. The third kappa shape index (κ3) is 4.49. The highest BCUT2D eigenvalue weighted by molar-refractivity contribution is 7.91. The molecule has 0 saturated heterocycles. The van der Waals surface area contributed by atoms with Crippen molar-refractivity contribution in [1.82, 2.24) is 0 Å². The molecule has 0 aliphatic carbocycles. The molecule has 4 nitrogen and oxygen atoms in total. The maximum absolute atomic E-state index is 12.5. The van der Waals surface area contributed by atoms with Crippen LogP contribution in [0.3, 0.4) is 0 Å². The van der Waals surface area contributed by atoms with Crippen molar-refractivity contribution in [3.8, 4) is 0 Å². The van der Waals surface area contributed by atoms with E-state index >= 15 is 0 Å². The summed E-state index contributed by atoms with van der Waals surface area (Å²) in [5.74, 6) is -3.42. The predicted molar refractivity (Wildman–Crippen MR) is 84.7 cm³/mol. The highest BCUT2D eigenvalue weighted by Gasteiger charge is 2.26. The third-order valence-corrected chi connectivity index (χ3v) is 4.53. The van der Waals surface area contributed by atoms with E-state index in [-0.39, 0.29) is 0 Å². The summed E-state index contributed by atoms with van der Waals surface area (Å²) >= 11 is 0. The molecule has 0 fully saturated rings. The second-order valence-electron chi connectivity index (χ2n) is 4.79. The average Bonchev–Trinajstić information content (AvgIpc) is 2.54. The predicted octanol–water partition coefficient (Wildman–Crippen LogP) is 3.96. The van der Waals surface area contributed by atoms with Crippen molar-refractivity contribution in [2.24, 2.45) is 0 Å². The van der Waals surface area contributed by atoms with E-state index in [4.69, 9.17) is 4.74 Å². The average molecular weight is 341 g/mol. The topological polar surface area (TPSA) is 55.4 Å². The number of rotatable bonds is 7. The molecule has 0 aliphatic heterocycles. The van der Waals surface area contributed by atoms with Crippen LogP contribution < -0.4 is 5.32 Å². The summed E-state index contributed by atoms with van der Waals surface area (Å²) in [5, 5.41) is 3.07. The Morgan fingerprint density at radius 2 is 1.52 bits per heavy atom. The highest BCUT2D eigenvalue weighted by atomic mass is 32.2. The molecule has 0 heterocycles. The standard InChI is InChI=1S/C16H17F2NO3S/c1-2-22-11-12-3-5-13(6-4-12)19-14-7-9-15(10-8-14)23(20,21)16(17)18/h3-10,16,19H,2,11H2,1H3. The van der Waals surface area contributed by atoms with E-state index in [0.29, 0.717) is 18.9 Å². The Kier molecular flexibility index (Phi) is 5.68.